The number of carbonyl (C=O) groups excluding carboxylic acids is 1. The van der Waals surface area contributed by atoms with Crippen molar-refractivity contribution >= 4 is 102 Å². The van der Waals surface area contributed by atoms with Crippen molar-refractivity contribution in [2.75, 3.05) is 13.2 Å². The quantitative estimate of drug-likeness (QED) is 0.345. The van der Waals surface area contributed by atoms with Gasteiger partial charge in [0, 0.05) is 5.34 Å². The van der Waals surface area contributed by atoms with E-state index in [2.05, 4.69) is 14.7 Å². The maximum atomic E-state index is 13.8. The molecule has 38 heavy (non-hydrogen) atoms. The monoisotopic (exact) mass is 495 g/mol. The molecule has 16 radical (unpaired) electrons. The fraction of sp³-hybridized carbons (Fsp3) is 0.190. The van der Waals surface area contributed by atoms with E-state index in [0.717, 1.165) is 17.0 Å². The SMILES string of the molecule is [B]c1nc(C([B])([B])N2CCOc3c([B])c([B])c(-c4ccc(OC(F)(F)F)cc4)c([B])c3C2=O)nc([B])c1[B]. The molecule has 4 rings (SSSR count). The smallest absolute Gasteiger partial charge is 0.492 e. The lowest BCUT2D eigenvalue weighted by Gasteiger charge is -2.38. The number of hydrogen-bond donors (Lipinski definition) is 0. The number of amides is 1. The molecular formula is C21H8B8F3N3O3. The van der Waals surface area contributed by atoms with Crippen molar-refractivity contribution in [2.45, 2.75) is 11.7 Å². The van der Waals surface area contributed by atoms with Crippen LogP contribution in [-0.2, 0) is 5.34 Å². The van der Waals surface area contributed by atoms with E-state index in [0.29, 0.717) is 0 Å². The molecule has 0 unspecified atom stereocenters. The first-order valence-electron chi connectivity index (χ1n) is 10.7. The molecule has 6 nitrogen and oxygen atoms in total. The van der Waals surface area contributed by atoms with Crippen molar-refractivity contribution in [3.8, 4) is 22.6 Å². The Hall–Kier alpha value is -3.10. The molecule has 170 valence electrons. The van der Waals surface area contributed by atoms with Gasteiger partial charge in [0.15, 0.2) is 0 Å². The zero-order chi connectivity index (χ0) is 28.2. The van der Waals surface area contributed by atoms with Crippen LogP contribution in [0, 0.1) is 0 Å². The topological polar surface area (TPSA) is 64.6 Å². The van der Waals surface area contributed by atoms with Gasteiger partial charge in [-0.1, -0.05) is 34.0 Å². The van der Waals surface area contributed by atoms with Crippen LogP contribution in [0.15, 0.2) is 24.3 Å². The van der Waals surface area contributed by atoms with E-state index < -0.39 is 23.4 Å². The average Bonchev–Trinajstić information content (AvgIpc) is 3.00. The Bertz CT molecular complexity index is 1420. The van der Waals surface area contributed by atoms with Gasteiger partial charge >= 0.3 is 6.36 Å². The van der Waals surface area contributed by atoms with Crippen LogP contribution in [0.4, 0.5) is 13.2 Å². The summed E-state index contributed by atoms with van der Waals surface area (Å²) in [6.45, 7) is -0.313. The molecule has 3 aromatic rings. The molecule has 17 heteroatoms. The highest BCUT2D eigenvalue weighted by atomic mass is 19.4. The summed E-state index contributed by atoms with van der Waals surface area (Å²) in [4.78, 5) is 22.7. The molecule has 2 heterocycles. The predicted molar refractivity (Wildman–Crippen MR) is 143 cm³/mol. The van der Waals surface area contributed by atoms with Gasteiger partial charge in [-0.05, 0) is 34.4 Å². The Balaban J connectivity index is 1.82. The van der Waals surface area contributed by atoms with Gasteiger partial charge in [0.2, 0.25) is 0 Å². The van der Waals surface area contributed by atoms with Crippen LogP contribution in [0.1, 0.15) is 16.2 Å². The van der Waals surface area contributed by atoms with Gasteiger partial charge in [0.1, 0.15) is 86.7 Å². The van der Waals surface area contributed by atoms with Gasteiger partial charge in [-0.2, -0.15) is 0 Å². The molecule has 0 saturated carbocycles. The predicted octanol–water partition coefficient (Wildman–Crippen LogP) is -4.21. The van der Waals surface area contributed by atoms with E-state index in [9.17, 15) is 18.0 Å². The van der Waals surface area contributed by atoms with Gasteiger partial charge < -0.3 is 14.4 Å². The zero-order valence-corrected chi connectivity index (χ0v) is 19.5. The molecule has 0 fully saturated rings. The van der Waals surface area contributed by atoms with E-state index >= 15 is 0 Å². The fourth-order valence-electron chi connectivity index (χ4n) is 3.91. The number of halogens is 3. The Kier molecular flexibility index (Phi) is 7.27. The standard InChI is InChI=1S/C21H8B8F3N3O3/c22-11-9(7-1-3-8(4-2-7)38-21(30,31)32)12(23)13(24)15-10(11)18(36)35(5-6-37-15)20(28,29)19-33-16(26)14(25)17(27)34-19/h1-4H,5-6H2. The summed E-state index contributed by atoms with van der Waals surface area (Å²) in [5.41, 5.74) is -0.834. The number of alkyl halides is 3. The number of benzene rings is 2. The van der Waals surface area contributed by atoms with Crippen LogP contribution in [0.3, 0.4) is 0 Å². The highest BCUT2D eigenvalue weighted by molar-refractivity contribution is 6.57. The van der Waals surface area contributed by atoms with Crippen LogP contribution < -0.4 is 42.5 Å². The Morgan fingerprint density at radius 1 is 0.842 bits per heavy atom. The lowest BCUT2D eigenvalue weighted by Crippen LogP contribution is -2.56. The second-order valence-electron chi connectivity index (χ2n) is 8.25. The molecule has 2 aromatic carbocycles. The van der Waals surface area contributed by atoms with Gasteiger partial charge in [0.25, 0.3) is 5.91 Å². The highest BCUT2D eigenvalue weighted by Crippen LogP contribution is 2.30. The van der Waals surface area contributed by atoms with E-state index in [-0.39, 0.29) is 74.5 Å². The Labute approximate surface area is 227 Å². The summed E-state index contributed by atoms with van der Waals surface area (Å²) in [5, 5.41) is -2.17. The maximum absolute atomic E-state index is 13.8. The minimum Gasteiger partial charge on any atom is -0.492 e. The molecule has 0 atom stereocenters. The molecule has 0 spiro atoms. The van der Waals surface area contributed by atoms with E-state index in [1.54, 1.807) is 0 Å². The third kappa shape index (κ3) is 4.99. The van der Waals surface area contributed by atoms with Gasteiger partial charge in [-0.15, -0.1) is 13.2 Å². The fourth-order valence-corrected chi connectivity index (χ4v) is 3.91. The largest absolute Gasteiger partial charge is 0.573 e. The van der Waals surface area contributed by atoms with Crippen LogP contribution in [0.5, 0.6) is 11.5 Å². The number of nitrogens with zero attached hydrogens (tertiary/aromatic N) is 3. The van der Waals surface area contributed by atoms with Crippen LogP contribution in [0.2, 0.25) is 0 Å². The van der Waals surface area contributed by atoms with Crippen LogP contribution >= 0.6 is 0 Å². The van der Waals surface area contributed by atoms with E-state index in [1.165, 1.54) is 12.1 Å². The van der Waals surface area contributed by atoms with Gasteiger partial charge in [0.05, 0.1) is 12.1 Å². The summed E-state index contributed by atoms with van der Waals surface area (Å²) in [7, 11) is 48.6. The van der Waals surface area contributed by atoms with E-state index in [4.69, 9.17) is 67.5 Å². The molecule has 1 aromatic heterocycles. The number of fused-ring (bicyclic) bond motifs is 1. The third-order valence-corrected chi connectivity index (χ3v) is 5.78. The number of hydrogen-bond acceptors (Lipinski definition) is 5. The number of carbonyl (C=O) groups is 1. The average molecular weight is 494 g/mol. The summed E-state index contributed by atoms with van der Waals surface area (Å²) in [6.07, 6.45) is -4.89. The second-order valence-corrected chi connectivity index (χ2v) is 8.25. The lowest BCUT2D eigenvalue weighted by molar-refractivity contribution is -0.274. The second kappa shape index (κ2) is 9.89. The van der Waals surface area contributed by atoms with Crippen molar-refractivity contribution in [2.24, 2.45) is 0 Å². The number of rotatable bonds is 4. The van der Waals surface area contributed by atoms with Crippen molar-refractivity contribution in [3.63, 3.8) is 0 Å². The van der Waals surface area contributed by atoms with Crippen molar-refractivity contribution in [3.05, 3.63) is 35.7 Å². The molecular weight excluding hydrogens is 486 g/mol. The van der Waals surface area contributed by atoms with Crippen molar-refractivity contribution in [1.29, 1.82) is 0 Å². The molecule has 1 aliphatic heterocycles. The zero-order valence-electron chi connectivity index (χ0n) is 19.5. The van der Waals surface area contributed by atoms with E-state index in [1.807, 2.05) is 0 Å². The highest BCUT2D eigenvalue weighted by Gasteiger charge is 2.39. The molecule has 0 aliphatic carbocycles. The Morgan fingerprint density at radius 3 is 1.97 bits per heavy atom. The van der Waals surface area contributed by atoms with Crippen LogP contribution in [0.25, 0.3) is 11.1 Å². The Morgan fingerprint density at radius 2 is 1.42 bits per heavy atom. The van der Waals surface area contributed by atoms with Gasteiger partial charge in [-0.25, -0.2) is 9.97 Å². The third-order valence-electron chi connectivity index (χ3n) is 5.78. The lowest BCUT2D eigenvalue weighted by atomic mass is 9.59. The minimum atomic E-state index is -4.89. The first-order valence-corrected chi connectivity index (χ1v) is 10.7. The first kappa shape index (κ1) is 27.9. The van der Waals surface area contributed by atoms with Crippen LogP contribution in [-0.4, -0.2) is 103 Å². The molecule has 0 N–H and O–H groups in total. The van der Waals surface area contributed by atoms with Gasteiger partial charge in [-0.3, -0.25) is 4.79 Å². The minimum absolute atomic E-state index is 0.0653. The first-order chi connectivity index (χ1) is 17.6. The summed E-state index contributed by atoms with van der Waals surface area (Å²) in [6, 6.07) is 4.62. The normalized spacial score (nSPS) is 14.0. The summed E-state index contributed by atoms with van der Waals surface area (Å²) in [5.74, 6) is -1.75. The number of aromatic nitrogens is 2. The summed E-state index contributed by atoms with van der Waals surface area (Å²) < 4.78 is 47.2. The number of ether oxygens (including phenoxy) is 2. The van der Waals surface area contributed by atoms with Crippen molar-refractivity contribution in [1.82, 2.24) is 14.9 Å². The molecule has 0 bridgehead atoms. The summed E-state index contributed by atoms with van der Waals surface area (Å²) >= 11 is 0. The molecule has 1 amide bonds. The molecule has 0 saturated heterocycles. The molecule has 1 aliphatic rings. The van der Waals surface area contributed by atoms with Crippen molar-refractivity contribution < 1.29 is 27.4 Å². The maximum Gasteiger partial charge on any atom is 0.573 e.